The fourth-order valence-electron chi connectivity index (χ4n) is 2.71. The second kappa shape index (κ2) is 5.89. The lowest BCUT2D eigenvalue weighted by molar-refractivity contribution is 0.0835. The van der Waals surface area contributed by atoms with E-state index in [9.17, 15) is 0 Å². The van der Waals surface area contributed by atoms with E-state index in [4.69, 9.17) is 9.26 Å². The first-order valence-corrected chi connectivity index (χ1v) is 8.50. The molecule has 8 nitrogen and oxygen atoms in total. The molecule has 4 heterocycles. The van der Waals surface area contributed by atoms with Gasteiger partial charge in [0.15, 0.2) is 16.6 Å². The van der Waals surface area contributed by atoms with Crippen LogP contribution in [0.2, 0.25) is 0 Å². The smallest absolute Gasteiger partial charge is 0.255 e. The maximum atomic E-state index is 5.54. The summed E-state index contributed by atoms with van der Waals surface area (Å²) in [6.07, 6.45) is 2.67. The molecule has 1 fully saturated rings. The van der Waals surface area contributed by atoms with E-state index < -0.39 is 0 Å². The zero-order valence-electron chi connectivity index (χ0n) is 13.1. The number of hydrogen-bond donors (Lipinski definition) is 1. The van der Waals surface area contributed by atoms with Gasteiger partial charge in [-0.3, -0.25) is 0 Å². The maximum absolute atomic E-state index is 5.54. The number of nitrogens with zero attached hydrogens (tertiary/aromatic N) is 5. The van der Waals surface area contributed by atoms with Gasteiger partial charge in [0, 0.05) is 26.6 Å². The molecule has 1 saturated heterocycles. The number of thiazole rings is 1. The van der Waals surface area contributed by atoms with Gasteiger partial charge >= 0.3 is 0 Å². The lowest BCUT2D eigenvalue weighted by Gasteiger charge is -2.01. The highest BCUT2D eigenvalue weighted by Crippen LogP contribution is 2.28. The predicted molar refractivity (Wildman–Crippen MR) is 85.5 cm³/mol. The first-order chi connectivity index (χ1) is 11.2. The summed E-state index contributed by atoms with van der Waals surface area (Å²) in [7, 11) is 1.91. The summed E-state index contributed by atoms with van der Waals surface area (Å²) in [6, 6.07) is 0. The SMILES string of the molecule is Cc1nn(C)c2nc(NCCc3noc([C@H]4CCCO4)n3)sc12. The number of hydrogen-bond acceptors (Lipinski definition) is 8. The highest BCUT2D eigenvalue weighted by atomic mass is 32.1. The molecule has 1 atom stereocenters. The summed E-state index contributed by atoms with van der Waals surface area (Å²) in [5.41, 5.74) is 1.92. The minimum atomic E-state index is -0.0241. The third kappa shape index (κ3) is 2.81. The van der Waals surface area contributed by atoms with Crippen molar-refractivity contribution in [3.63, 3.8) is 0 Å². The highest BCUT2D eigenvalue weighted by Gasteiger charge is 2.23. The van der Waals surface area contributed by atoms with Crippen LogP contribution in [0.3, 0.4) is 0 Å². The lowest BCUT2D eigenvalue weighted by atomic mass is 10.2. The Kier molecular flexibility index (Phi) is 3.74. The number of fused-ring (bicyclic) bond motifs is 1. The Hall–Kier alpha value is -2.00. The van der Waals surface area contributed by atoms with E-state index in [0.29, 0.717) is 24.7 Å². The van der Waals surface area contributed by atoms with Gasteiger partial charge < -0.3 is 14.6 Å². The zero-order chi connectivity index (χ0) is 15.8. The van der Waals surface area contributed by atoms with Gasteiger partial charge in [0.2, 0.25) is 0 Å². The van der Waals surface area contributed by atoms with Crippen LogP contribution in [-0.4, -0.2) is 38.1 Å². The molecule has 0 saturated carbocycles. The summed E-state index contributed by atoms with van der Waals surface area (Å²) in [5, 5.41) is 12.6. The molecule has 9 heteroatoms. The number of anilines is 1. The third-order valence-electron chi connectivity index (χ3n) is 3.86. The van der Waals surface area contributed by atoms with Crippen LogP contribution in [0.5, 0.6) is 0 Å². The Morgan fingerprint density at radius 3 is 3.09 bits per heavy atom. The molecule has 4 rings (SSSR count). The van der Waals surface area contributed by atoms with Crippen molar-refractivity contribution in [3.8, 4) is 0 Å². The molecule has 0 aliphatic carbocycles. The van der Waals surface area contributed by atoms with E-state index in [1.54, 1.807) is 16.0 Å². The van der Waals surface area contributed by atoms with Crippen LogP contribution in [0.15, 0.2) is 4.52 Å². The molecule has 0 amide bonds. The maximum Gasteiger partial charge on any atom is 0.255 e. The Morgan fingerprint density at radius 1 is 1.39 bits per heavy atom. The van der Waals surface area contributed by atoms with E-state index in [1.807, 2.05) is 14.0 Å². The zero-order valence-corrected chi connectivity index (χ0v) is 13.9. The van der Waals surface area contributed by atoms with Crippen LogP contribution in [0.25, 0.3) is 10.3 Å². The molecule has 0 spiro atoms. The van der Waals surface area contributed by atoms with Gasteiger partial charge in [0.05, 0.1) is 10.4 Å². The molecule has 0 radical (unpaired) electrons. The predicted octanol–water partition coefficient (Wildman–Crippen LogP) is 2.23. The molecule has 0 aromatic carbocycles. The topological polar surface area (TPSA) is 90.9 Å². The van der Waals surface area contributed by atoms with Crippen molar-refractivity contribution in [2.45, 2.75) is 32.3 Å². The van der Waals surface area contributed by atoms with E-state index in [2.05, 4.69) is 25.5 Å². The first kappa shape index (κ1) is 14.6. The molecule has 122 valence electrons. The van der Waals surface area contributed by atoms with Crippen molar-refractivity contribution in [1.29, 1.82) is 0 Å². The molecule has 3 aromatic rings. The molecule has 1 aliphatic rings. The number of rotatable bonds is 5. The minimum absolute atomic E-state index is 0.0241. The Morgan fingerprint density at radius 2 is 2.30 bits per heavy atom. The molecule has 23 heavy (non-hydrogen) atoms. The molecule has 3 aromatic heterocycles. The Balaban J connectivity index is 1.36. The van der Waals surface area contributed by atoms with Crippen molar-refractivity contribution in [2.24, 2.45) is 7.05 Å². The van der Waals surface area contributed by atoms with E-state index in [0.717, 1.165) is 40.6 Å². The standard InChI is InChI=1S/C14H18N6O2S/c1-8-11-12(20(2)18-8)17-14(23-11)15-6-5-10-16-13(22-19-10)9-4-3-7-21-9/h9H,3-7H2,1-2H3,(H,15,17)/t9-/m1/s1. The van der Waals surface area contributed by atoms with Gasteiger partial charge in [-0.15, -0.1) is 0 Å². The summed E-state index contributed by atoms with van der Waals surface area (Å²) in [6.45, 7) is 3.48. The Bertz CT molecular complexity index is 782. The van der Waals surface area contributed by atoms with E-state index >= 15 is 0 Å². The van der Waals surface area contributed by atoms with Crippen molar-refractivity contribution >= 4 is 26.8 Å². The lowest BCUT2D eigenvalue weighted by Crippen LogP contribution is -2.06. The number of aromatic nitrogens is 5. The van der Waals surface area contributed by atoms with Crippen LogP contribution in [0.1, 0.15) is 36.4 Å². The van der Waals surface area contributed by atoms with Gasteiger partial charge in [-0.05, 0) is 19.8 Å². The number of nitrogens with one attached hydrogen (secondary N) is 1. The second-order valence-corrected chi connectivity index (χ2v) is 6.61. The monoisotopic (exact) mass is 334 g/mol. The quantitative estimate of drug-likeness (QED) is 0.765. The van der Waals surface area contributed by atoms with Crippen molar-refractivity contribution in [2.75, 3.05) is 18.5 Å². The van der Waals surface area contributed by atoms with Gasteiger partial charge in [0.1, 0.15) is 6.10 Å². The average Bonchev–Trinajstić information content (AvgIpc) is 3.28. The van der Waals surface area contributed by atoms with Crippen molar-refractivity contribution in [1.82, 2.24) is 24.9 Å². The second-order valence-electron chi connectivity index (χ2n) is 5.61. The first-order valence-electron chi connectivity index (χ1n) is 7.69. The number of ether oxygens (including phenoxy) is 1. The van der Waals surface area contributed by atoms with Crippen LogP contribution in [-0.2, 0) is 18.2 Å². The molecule has 0 unspecified atom stereocenters. The molecular weight excluding hydrogens is 316 g/mol. The van der Waals surface area contributed by atoms with Crippen molar-refractivity contribution < 1.29 is 9.26 Å². The third-order valence-corrected chi connectivity index (χ3v) is 4.97. The van der Waals surface area contributed by atoms with E-state index in [-0.39, 0.29) is 6.10 Å². The summed E-state index contributed by atoms with van der Waals surface area (Å²) >= 11 is 1.62. The molecule has 1 N–H and O–H groups in total. The van der Waals surface area contributed by atoms with E-state index in [1.165, 1.54) is 0 Å². The Labute approximate surface area is 136 Å². The van der Waals surface area contributed by atoms with Crippen LogP contribution in [0.4, 0.5) is 5.13 Å². The fourth-order valence-corrected chi connectivity index (χ4v) is 3.67. The fraction of sp³-hybridized carbons (Fsp3) is 0.571. The van der Waals surface area contributed by atoms with Gasteiger partial charge in [0.25, 0.3) is 5.89 Å². The average molecular weight is 334 g/mol. The molecular formula is C14H18N6O2S. The van der Waals surface area contributed by atoms with Gasteiger partial charge in [-0.2, -0.15) is 10.1 Å². The summed E-state index contributed by atoms with van der Waals surface area (Å²) in [4.78, 5) is 8.97. The van der Waals surface area contributed by atoms with Gasteiger partial charge in [-0.1, -0.05) is 16.5 Å². The van der Waals surface area contributed by atoms with Gasteiger partial charge in [-0.25, -0.2) is 9.67 Å². The summed E-state index contributed by atoms with van der Waals surface area (Å²) < 4.78 is 13.8. The van der Waals surface area contributed by atoms with Crippen LogP contribution < -0.4 is 5.32 Å². The highest BCUT2D eigenvalue weighted by molar-refractivity contribution is 7.22. The van der Waals surface area contributed by atoms with Crippen LogP contribution >= 0.6 is 11.3 Å². The largest absolute Gasteiger partial charge is 0.368 e. The molecule has 0 bridgehead atoms. The van der Waals surface area contributed by atoms with Crippen LogP contribution in [0, 0.1) is 6.92 Å². The molecule has 1 aliphatic heterocycles. The number of aryl methyl sites for hydroxylation is 2. The normalized spacial score (nSPS) is 18.1. The minimum Gasteiger partial charge on any atom is -0.368 e. The van der Waals surface area contributed by atoms with Crippen molar-refractivity contribution in [3.05, 3.63) is 17.4 Å². The summed E-state index contributed by atoms with van der Waals surface area (Å²) in [5.74, 6) is 1.29.